The number of alkyl halides is 3. The first-order valence-corrected chi connectivity index (χ1v) is 6.41. The average Bonchev–Trinajstić information content (AvgIpc) is 2.95. The molecule has 0 aliphatic rings. The molecule has 0 atom stereocenters. The highest BCUT2D eigenvalue weighted by atomic mass is 19.4. The number of anilines is 1. The minimum atomic E-state index is -4.90. The third kappa shape index (κ3) is 2.14. The number of rotatable bonds is 2. The number of carbonyl (C=O) groups excluding carboxylic acids is 1. The first kappa shape index (κ1) is 14.2. The Kier molecular flexibility index (Phi) is 3.19. The lowest BCUT2D eigenvalue weighted by Crippen LogP contribution is -2.44. The van der Waals surface area contributed by atoms with Gasteiger partial charge in [0.25, 0.3) is 0 Å². The van der Waals surface area contributed by atoms with Crippen molar-refractivity contribution in [3.63, 3.8) is 0 Å². The molecule has 0 N–H and O–H groups in total. The summed E-state index contributed by atoms with van der Waals surface area (Å²) in [4.78, 5) is 19.4. The fourth-order valence-electron chi connectivity index (χ4n) is 2.16. The molecule has 2 aromatic heterocycles. The average molecular weight is 309 g/mol. The number of benzene rings is 1. The maximum atomic E-state index is 13.3. The fraction of sp³-hybridized carbons (Fsp3) is 0.231. The summed E-state index contributed by atoms with van der Waals surface area (Å²) in [5.74, 6) is -1.74. The van der Waals surface area contributed by atoms with Gasteiger partial charge in [0.05, 0.1) is 5.52 Å². The highest BCUT2D eigenvalue weighted by Gasteiger charge is 2.44. The SMILES string of the molecule is CCC(=O)N(c1nc2ccccc2c2ncnn12)C(F)(F)F. The van der Waals surface area contributed by atoms with Crippen molar-refractivity contribution < 1.29 is 18.0 Å². The van der Waals surface area contributed by atoms with E-state index >= 15 is 0 Å². The molecule has 0 bridgehead atoms. The van der Waals surface area contributed by atoms with Crippen LogP contribution in [0.15, 0.2) is 30.6 Å². The lowest BCUT2D eigenvalue weighted by atomic mass is 10.2. The van der Waals surface area contributed by atoms with E-state index in [0.29, 0.717) is 10.9 Å². The van der Waals surface area contributed by atoms with Gasteiger partial charge < -0.3 is 0 Å². The Balaban J connectivity index is 2.36. The highest BCUT2D eigenvalue weighted by Crippen LogP contribution is 2.30. The molecule has 22 heavy (non-hydrogen) atoms. The zero-order valence-corrected chi connectivity index (χ0v) is 11.4. The van der Waals surface area contributed by atoms with Gasteiger partial charge in [0.1, 0.15) is 6.33 Å². The van der Waals surface area contributed by atoms with Crippen LogP contribution in [0.2, 0.25) is 0 Å². The minimum absolute atomic E-state index is 0.207. The molecule has 3 aromatic rings. The Morgan fingerprint density at radius 3 is 2.73 bits per heavy atom. The van der Waals surface area contributed by atoms with Gasteiger partial charge in [-0.05, 0) is 12.1 Å². The van der Waals surface area contributed by atoms with Gasteiger partial charge >= 0.3 is 6.30 Å². The molecule has 0 unspecified atom stereocenters. The van der Waals surface area contributed by atoms with Crippen LogP contribution in [0.25, 0.3) is 16.6 Å². The van der Waals surface area contributed by atoms with E-state index in [1.54, 1.807) is 24.3 Å². The second-order valence-electron chi connectivity index (χ2n) is 4.47. The van der Waals surface area contributed by atoms with Gasteiger partial charge in [-0.25, -0.2) is 9.97 Å². The fourth-order valence-corrected chi connectivity index (χ4v) is 2.16. The summed E-state index contributed by atoms with van der Waals surface area (Å²) >= 11 is 0. The molecule has 1 amide bonds. The molecule has 0 saturated carbocycles. The summed E-state index contributed by atoms with van der Waals surface area (Å²) in [6.45, 7) is 1.35. The number of para-hydroxylation sites is 1. The molecule has 3 rings (SSSR count). The summed E-state index contributed by atoms with van der Waals surface area (Å²) in [7, 11) is 0. The van der Waals surface area contributed by atoms with Crippen molar-refractivity contribution in [2.75, 3.05) is 4.90 Å². The van der Waals surface area contributed by atoms with Crippen molar-refractivity contribution in [3.05, 3.63) is 30.6 Å². The molecule has 2 heterocycles. The Morgan fingerprint density at radius 2 is 2.05 bits per heavy atom. The Hall–Kier alpha value is -2.71. The number of hydrogen-bond donors (Lipinski definition) is 0. The van der Waals surface area contributed by atoms with Crippen LogP contribution in [0.4, 0.5) is 19.1 Å². The highest BCUT2D eigenvalue weighted by molar-refractivity contribution is 5.96. The van der Waals surface area contributed by atoms with Gasteiger partial charge in [-0.2, -0.15) is 14.5 Å². The van der Waals surface area contributed by atoms with Crippen LogP contribution in [0.3, 0.4) is 0 Å². The quantitative estimate of drug-likeness (QED) is 0.682. The molecule has 0 aliphatic heterocycles. The van der Waals surface area contributed by atoms with Crippen molar-refractivity contribution in [2.24, 2.45) is 0 Å². The molecule has 9 heteroatoms. The molecule has 0 saturated heterocycles. The van der Waals surface area contributed by atoms with Crippen molar-refractivity contribution in [2.45, 2.75) is 19.6 Å². The number of halogens is 3. The van der Waals surface area contributed by atoms with Crippen molar-refractivity contribution in [1.29, 1.82) is 0 Å². The first-order chi connectivity index (χ1) is 10.4. The molecule has 114 valence electrons. The zero-order valence-electron chi connectivity index (χ0n) is 11.4. The lowest BCUT2D eigenvalue weighted by Gasteiger charge is -2.23. The van der Waals surface area contributed by atoms with E-state index in [9.17, 15) is 18.0 Å². The molecule has 0 aliphatic carbocycles. The third-order valence-electron chi connectivity index (χ3n) is 3.11. The van der Waals surface area contributed by atoms with Crippen LogP contribution in [0, 0.1) is 0 Å². The summed E-state index contributed by atoms with van der Waals surface area (Å²) in [6.07, 6.45) is -4.09. The lowest BCUT2D eigenvalue weighted by molar-refractivity contribution is -0.150. The van der Waals surface area contributed by atoms with E-state index in [1.807, 2.05) is 0 Å². The molecule has 1 aromatic carbocycles. The second-order valence-corrected chi connectivity index (χ2v) is 4.47. The molecular formula is C13H10F3N5O. The molecule has 0 spiro atoms. The Morgan fingerprint density at radius 1 is 1.32 bits per heavy atom. The summed E-state index contributed by atoms with van der Waals surface area (Å²) in [5, 5.41) is 4.32. The molecule has 6 nitrogen and oxygen atoms in total. The van der Waals surface area contributed by atoms with Gasteiger partial charge in [-0.15, -0.1) is 13.2 Å². The van der Waals surface area contributed by atoms with Gasteiger partial charge in [0.15, 0.2) is 5.65 Å². The van der Waals surface area contributed by atoms with Gasteiger partial charge in [-0.1, -0.05) is 19.1 Å². The third-order valence-corrected chi connectivity index (χ3v) is 3.11. The molecular weight excluding hydrogens is 299 g/mol. The molecule has 0 radical (unpaired) electrons. The monoisotopic (exact) mass is 309 g/mol. The van der Waals surface area contributed by atoms with E-state index in [-0.39, 0.29) is 17.0 Å². The van der Waals surface area contributed by atoms with E-state index in [2.05, 4.69) is 15.1 Å². The topological polar surface area (TPSA) is 63.4 Å². The van der Waals surface area contributed by atoms with Crippen LogP contribution >= 0.6 is 0 Å². The maximum Gasteiger partial charge on any atom is 0.494 e. The van der Waals surface area contributed by atoms with Crippen LogP contribution in [0.1, 0.15) is 13.3 Å². The Labute approximate surface area is 122 Å². The summed E-state index contributed by atoms with van der Waals surface area (Å²) in [5.41, 5.74) is 0.509. The summed E-state index contributed by atoms with van der Waals surface area (Å²) < 4.78 is 40.8. The minimum Gasteiger partial charge on any atom is -0.274 e. The van der Waals surface area contributed by atoms with Crippen molar-refractivity contribution >= 4 is 28.4 Å². The number of aromatic nitrogens is 4. The van der Waals surface area contributed by atoms with E-state index < -0.39 is 18.2 Å². The number of fused-ring (bicyclic) bond motifs is 3. The zero-order chi connectivity index (χ0) is 15.9. The number of nitrogens with zero attached hydrogens (tertiary/aromatic N) is 5. The predicted molar refractivity (Wildman–Crippen MR) is 72.1 cm³/mol. The maximum absolute atomic E-state index is 13.3. The van der Waals surface area contributed by atoms with Crippen molar-refractivity contribution in [1.82, 2.24) is 19.6 Å². The number of carbonyl (C=O) groups is 1. The van der Waals surface area contributed by atoms with Gasteiger partial charge in [-0.3, -0.25) is 4.79 Å². The molecule has 0 fully saturated rings. The normalized spacial score (nSPS) is 12.0. The smallest absolute Gasteiger partial charge is 0.274 e. The van der Waals surface area contributed by atoms with Crippen molar-refractivity contribution in [3.8, 4) is 0 Å². The largest absolute Gasteiger partial charge is 0.494 e. The van der Waals surface area contributed by atoms with Crippen LogP contribution in [0.5, 0.6) is 0 Å². The predicted octanol–water partition coefficient (Wildman–Crippen LogP) is 2.54. The van der Waals surface area contributed by atoms with Crippen LogP contribution in [-0.2, 0) is 4.79 Å². The first-order valence-electron chi connectivity index (χ1n) is 6.41. The van der Waals surface area contributed by atoms with E-state index in [1.165, 1.54) is 6.92 Å². The van der Waals surface area contributed by atoms with Gasteiger partial charge in [0.2, 0.25) is 11.9 Å². The summed E-state index contributed by atoms with van der Waals surface area (Å²) in [6, 6.07) is 6.59. The van der Waals surface area contributed by atoms with E-state index in [4.69, 9.17) is 0 Å². The van der Waals surface area contributed by atoms with E-state index in [0.717, 1.165) is 10.8 Å². The number of amides is 1. The van der Waals surface area contributed by atoms with Crippen LogP contribution < -0.4 is 4.90 Å². The van der Waals surface area contributed by atoms with Gasteiger partial charge in [0, 0.05) is 11.8 Å². The van der Waals surface area contributed by atoms with Crippen LogP contribution in [-0.4, -0.2) is 31.8 Å². The Bertz CT molecular complexity index is 858. The second kappa shape index (κ2) is 4.93. The number of hydrogen-bond acceptors (Lipinski definition) is 4. The standard InChI is InChI=1S/C13H10F3N5O/c1-2-10(22)20(13(14,15)16)12-19-9-6-4-3-5-8(9)11-17-7-18-21(11)12/h3-7H,2H2,1H3.